The minimum Gasteiger partial charge on any atom is -0.494 e. The van der Waals surface area contributed by atoms with Crippen LogP contribution in [0.1, 0.15) is 46.5 Å². The van der Waals surface area contributed by atoms with Gasteiger partial charge < -0.3 is 25.6 Å². The summed E-state index contributed by atoms with van der Waals surface area (Å²) < 4.78 is 5.42. The van der Waals surface area contributed by atoms with Crippen LogP contribution in [0.15, 0.2) is 24.3 Å². The molecule has 3 N–H and O–H groups in total. The molecule has 2 saturated heterocycles. The van der Waals surface area contributed by atoms with Crippen LogP contribution in [-0.2, 0) is 14.4 Å². The zero-order valence-corrected chi connectivity index (χ0v) is 19.4. The lowest BCUT2D eigenvalue weighted by atomic mass is 9.94. The van der Waals surface area contributed by atoms with Gasteiger partial charge in [-0.25, -0.2) is 0 Å². The number of nitrogens with one attached hydrogen (secondary N) is 3. The summed E-state index contributed by atoms with van der Waals surface area (Å²) >= 11 is 0. The first-order valence-corrected chi connectivity index (χ1v) is 11.7. The van der Waals surface area contributed by atoms with E-state index in [4.69, 9.17) is 4.74 Å². The van der Waals surface area contributed by atoms with Crippen molar-refractivity contribution in [2.75, 3.05) is 31.6 Å². The van der Waals surface area contributed by atoms with Crippen LogP contribution in [0, 0.1) is 11.8 Å². The number of benzene rings is 1. The van der Waals surface area contributed by atoms with Crippen LogP contribution in [0.4, 0.5) is 5.69 Å². The summed E-state index contributed by atoms with van der Waals surface area (Å²) in [6.45, 7) is 8.39. The number of anilines is 1. The second-order valence-electron chi connectivity index (χ2n) is 8.93. The largest absolute Gasteiger partial charge is 0.494 e. The third-order valence-corrected chi connectivity index (χ3v) is 6.22. The first-order valence-electron chi connectivity index (χ1n) is 11.7. The fourth-order valence-electron chi connectivity index (χ4n) is 4.31. The molecule has 2 aliphatic heterocycles. The number of likely N-dealkylation sites (tertiary alicyclic amines) is 1. The van der Waals surface area contributed by atoms with Crippen molar-refractivity contribution >= 4 is 23.4 Å². The highest BCUT2D eigenvalue weighted by molar-refractivity contribution is 5.97. The van der Waals surface area contributed by atoms with Gasteiger partial charge in [0.05, 0.1) is 12.6 Å². The lowest BCUT2D eigenvalue weighted by molar-refractivity contribution is -0.137. The Bertz CT molecular complexity index is 782. The molecular weight excluding hydrogens is 408 g/mol. The maximum absolute atomic E-state index is 12.9. The summed E-state index contributed by atoms with van der Waals surface area (Å²) in [6, 6.07) is 6.48. The zero-order chi connectivity index (χ0) is 23.1. The zero-order valence-electron chi connectivity index (χ0n) is 19.4. The predicted molar refractivity (Wildman–Crippen MR) is 123 cm³/mol. The number of hydrogen-bond donors (Lipinski definition) is 3. The Kier molecular flexibility index (Phi) is 8.50. The third kappa shape index (κ3) is 6.22. The van der Waals surface area contributed by atoms with E-state index in [0.717, 1.165) is 25.1 Å². The average Bonchev–Trinajstić information content (AvgIpc) is 3.33. The number of carbonyl (C=O) groups is 3. The van der Waals surface area contributed by atoms with Gasteiger partial charge in [-0.2, -0.15) is 0 Å². The first-order chi connectivity index (χ1) is 15.4. The van der Waals surface area contributed by atoms with E-state index in [1.807, 2.05) is 25.7 Å². The standard InChI is InChI=1S/C24H36N4O4/c1-4-32-19-9-7-18(8-10-19)26-23(30)21(16(2)3)27-22(29)17-11-14-28(15-12-17)24(31)20-6-5-13-25-20/h7-10,16-17,20-21,25H,4-6,11-15H2,1-3H3,(H,26,30)(H,27,29). The van der Waals surface area contributed by atoms with E-state index < -0.39 is 6.04 Å². The van der Waals surface area contributed by atoms with Crippen LogP contribution in [-0.4, -0.2) is 60.9 Å². The number of hydrogen-bond acceptors (Lipinski definition) is 5. The molecule has 0 spiro atoms. The highest BCUT2D eigenvalue weighted by Gasteiger charge is 2.33. The van der Waals surface area contributed by atoms with Gasteiger partial charge in [-0.15, -0.1) is 0 Å². The van der Waals surface area contributed by atoms with Crippen LogP contribution < -0.4 is 20.7 Å². The fourth-order valence-corrected chi connectivity index (χ4v) is 4.31. The van der Waals surface area contributed by atoms with Gasteiger partial charge in [0.1, 0.15) is 11.8 Å². The van der Waals surface area contributed by atoms with Crippen molar-refractivity contribution in [3.05, 3.63) is 24.3 Å². The van der Waals surface area contributed by atoms with E-state index in [-0.39, 0.29) is 35.6 Å². The Morgan fingerprint density at radius 3 is 2.38 bits per heavy atom. The summed E-state index contributed by atoms with van der Waals surface area (Å²) in [5, 5.41) is 9.08. The van der Waals surface area contributed by atoms with Crippen molar-refractivity contribution in [1.29, 1.82) is 0 Å². The van der Waals surface area contributed by atoms with Crippen molar-refractivity contribution in [1.82, 2.24) is 15.5 Å². The molecule has 0 saturated carbocycles. The number of nitrogens with zero attached hydrogens (tertiary/aromatic N) is 1. The smallest absolute Gasteiger partial charge is 0.247 e. The second kappa shape index (κ2) is 11.3. The number of ether oxygens (including phenoxy) is 1. The van der Waals surface area contributed by atoms with Gasteiger partial charge in [0.25, 0.3) is 0 Å². The minimum absolute atomic E-state index is 0.0586. The van der Waals surface area contributed by atoms with Gasteiger partial charge in [0, 0.05) is 24.7 Å². The van der Waals surface area contributed by atoms with Crippen molar-refractivity contribution in [2.24, 2.45) is 11.8 Å². The molecule has 2 fully saturated rings. The lowest BCUT2D eigenvalue weighted by Gasteiger charge is -2.34. The summed E-state index contributed by atoms with van der Waals surface area (Å²) in [6.07, 6.45) is 3.16. The van der Waals surface area contributed by atoms with Crippen LogP contribution in [0.3, 0.4) is 0 Å². The summed E-state index contributed by atoms with van der Waals surface area (Å²) in [7, 11) is 0. The summed E-state index contributed by atoms with van der Waals surface area (Å²) in [4.78, 5) is 40.2. The average molecular weight is 445 g/mol. The highest BCUT2D eigenvalue weighted by Crippen LogP contribution is 2.21. The summed E-state index contributed by atoms with van der Waals surface area (Å²) in [5.41, 5.74) is 0.658. The maximum atomic E-state index is 12.9. The van der Waals surface area contributed by atoms with Gasteiger partial charge in [-0.05, 0) is 69.3 Å². The van der Waals surface area contributed by atoms with Gasteiger partial charge in [-0.1, -0.05) is 13.8 Å². The molecule has 0 aromatic heterocycles. The monoisotopic (exact) mass is 444 g/mol. The van der Waals surface area contributed by atoms with Crippen molar-refractivity contribution in [3.8, 4) is 5.75 Å². The van der Waals surface area contributed by atoms with E-state index in [2.05, 4.69) is 16.0 Å². The SMILES string of the molecule is CCOc1ccc(NC(=O)C(NC(=O)C2CCN(C(=O)C3CCCN3)CC2)C(C)C)cc1. The molecular formula is C24H36N4O4. The Labute approximate surface area is 190 Å². The van der Waals surface area contributed by atoms with Crippen LogP contribution in [0.2, 0.25) is 0 Å². The molecule has 176 valence electrons. The topological polar surface area (TPSA) is 99.8 Å². The highest BCUT2D eigenvalue weighted by atomic mass is 16.5. The van der Waals surface area contributed by atoms with E-state index >= 15 is 0 Å². The Balaban J connectivity index is 1.51. The first kappa shape index (κ1) is 24.0. The number of amides is 3. The molecule has 2 atom stereocenters. The fraction of sp³-hybridized carbons (Fsp3) is 0.625. The molecule has 0 radical (unpaired) electrons. The quantitative estimate of drug-likeness (QED) is 0.571. The maximum Gasteiger partial charge on any atom is 0.247 e. The van der Waals surface area contributed by atoms with Crippen LogP contribution in [0.5, 0.6) is 5.75 Å². The molecule has 8 heteroatoms. The molecule has 3 amide bonds. The molecule has 1 aromatic carbocycles. The normalized spacial score (nSPS) is 20.1. The summed E-state index contributed by atoms with van der Waals surface area (Å²) in [5.74, 6) is 0.296. The van der Waals surface area contributed by atoms with Gasteiger partial charge >= 0.3 is 0 Å². The molecule has 1 aromatic rings. The molecule has 0 aliphatic carbocycles. The Morgan fingerprint density at radius 2 is 1.81 bits per heavy atom. The van der Waals surface area contributed by atoms with Crippen LogP contribution >= 0.6 is 0 Å². The van der Waals surface area contributed by atoms with E-state index in [1.165, 1.54) is 0 Å². The van der Waals surface area contributed by atoms with Crippen molar-refractivity contribution in [3.63, 3.8) is 0 Å². The molecule has 3 rings (SSSR count). The van der Waals surface area contributed by atoms with Gasteiger partial charge in [0.2, 0.25) is 17.7 Å². The van der Waals surface area contributed by atoms with Crippen molar-refractivity contribution in [2.45, 2.75) is 58.5 Å². The van der Waals surface area contributed by atoms with E-state index in [9.17, 15) is 14.4 Å². The number of rotatable bonds is 8. The molecule has 2 heterocycles. The van der Waals surface area contributed by atoms with E-state index in [0.29, 0.717) is 38.2 Å². The number of carbonyl (C=O) groups excluding carboxylic acids is 3. The Hall–Kier alpha value is -2.61. The molecule has 32 heavy (non-hydrogen) atoms. The molecule has 2 aliphatic rings. The number of piperidine rings is 1. The second-order valence-corrected chi connectivity index (χ2v) is 8.93. The predicted octanol–water partition coefficient (Wildman–Crippen LogP) is 2.16. The molecule has 0 bridgehead atoms. The van der Waals surface area contributed by atoms with E-state index in [1.54, 1.807) is 24.3 Å². The Morgan fingerprint density at radius 1 is 1.12 bits per heavy atom. The van der Waals surface area contributed by atoms with Crippen LogP contribution in [0.25, 0.3) is 0 Å². The lowest BCUT2D eigenvalue weighted by Crippen LogP contribution is -2.52. The minimum atomic E-state index is -0.628. The van der Waals surface area contributed by atoms with Gasteiger partial charge in [-0.3, -0.25) is 14.4 Å². The molecule has 8 nitrogen and oxygen atoms in total. The van der Waals surface area contributed by atoms with Gasteiger partial charge in [0.15, 0.2) is 0 Å². The third-order valence-electron chi connectivity index (χ3n) is 6.22. The van der Waals surface area contributed by atoms with Crippen molar-refractivity contribution < 1.29 is 19.1 Å². The molecule has 2 unspecified atom stereocenters.